The van der Waals surface area contributed by atoms with Gasteiger partial charge in [-0.3, -0.25) is 9.63 Å². The second-order valence-corrected chi connectivity index (χ2v) is 2.59. The predicted molar refractivity (Wildman–Crippen MR) is 40.7 cm³/mol. The number of amides is 1. The fraction of sp³-hybridized carbons (Fsp3) is 0.857. The Morgan fingerprint density at radius 1 is 1.82 bits per heavy atom. The van der Waals surface area contributed by atoms with Crippen LogP contribution in [0.25, 0.3) is 0 Å². The van der Waals surface area contributed by atoms with Crippen molar-refractivity contribution in [2.75, 3.05) is 19.7 Å². The van der Waals surface area contributed by atoms with Gasteiger partial charge in [0, 0.05) is 6.54 Å². The van der Waals surface area contributed by atoms with E-state index in [0.29, 0.717) is 6.61 Å². The van der Waals surface area contributed by atoms with E-state index in [0.717, 1.165) is 19.5 Å². The molecule has 2 N–H and O–H groups in total. The Morgan fingerprint density at radius 3 is 3.18 bits per heavy atom. The molecule has 1 fully saturated rings. The van der Waals surface area contributed by atoms with Crippen LogP contribution in [0.3, 0.4) is 0 Å². The van der Waals surface area contributed by atoms with Crippen LogP contribution in [0.15, 0.2) is 0 Å². The molecule has 1 amide bonds. The van der Waals surface area contributed by atoms with Gasteiger partial charge in [0.2, 0.25) is 5.91 Å². The van der Waals surface area contributed by atoms with Crippen LogP contribution in [-0.4, -0.2) is 25.6 Å². The van der Waals surface area contributed by atoms with E-state index in [1.807, 2.05) is 6.92 Å². The van der Waals surface area contributed by atoms with Crippen molar-refractivity contribution in [2.45, 2.75) is 13.3 Å². The van der Waals surface area contributed by atoms with Gasteiger partial charge in [-0.2, -0.15) is 0 Å². The Morgan fingerprint density at radius 2 is 2.64 bits per heavy atom. The number of hydrogen-bond donors (Lipinski definition) is 2. The molecule has 1 saturated heterocycles. The minimum Gasteiger partial charge on any atom is -0.316 e. The van der Waals surface area contributed by atoms with E-state index in [9.17, 15) is 4.79 Å². The Balaban J connectivity index is 2.17. The summed E-state index contributed by atoms with van der Waals surface area (Å²) < 4.78 is 0. The second kappa shape index (κ2) is 4.31. The summed E-state index contributed by atoms with van der Waals surface area (Å²) in [5, 5.41) is 3.11. The molecule has 0 bridgehead atoms. The summed E-state index contributed by atoms with van der Waals surface area (Å²) in [6.45, 7) is 4.07. The Hall–Kier alpha value is -0.610. The SMILES string of the molecule is CCONC(=O)[C@@H]1CCNC1. The predicted octanol–water partition coefficient (Wildman–Crippen LogP) is -0.336. The molecule has 0 aromatic heterocycles. The highest BCUT2D eigenvalue weighted by Gasteiger charge is 2.21. The van der Waals surface area contributed by atoms with Crippen LogP contribution >= 0.6 is 0 Å². The lowest BCUT2D eigenvalue weighted by molar-refractivity contribution is -0.136. The summed E-state index contributed by atoms with van der Waals surface area (Å²) >= 11 is 0. The van der Waals surface area contributed by atoms with Crippen LogP contribution in [0.2, 0.25) is 0 Å². The van der Waals surface area contributed by atoms with Crippen molar-refractivity contribution in [3.63, 3.8) is 0 Å². The van der Waals surface area contributed by atoms with Gasteiger partial charge in [-0.1, -0.05) is 0 Å². The zero-order valence-electron chi connectivity index (χ0n) is 6.72. The summed E-state index contributed by atoms with van der Waals surface area (Å²) in [6.07, 6.45) is 0.916. The molecule has 1 heterocycles. The molecule has 1 rings (SSSR count). The molecule has 0 aliphatic carbocycles. The van der Waals surface area contributed by atoms with Crippen LogP contribution in [0, 0.1) is 5.92 Å². The Kier molecular flexibility index (Phi) is 3.32. The molecule has 11 heavy (non-hydrogen) atoms. The summed E-state index contributed by atoms with van der Waals surface area (Å²) in [5.74, 6) is 0.0957. The van der Waals surface area contributed by atoms with Gasteiger partial charge in [0.25, 0.3) is 0 Å². The minimum atomic E-state index is -0.00292. The maximum absolute atomic E-state index is 11.1. The fourth-order valence-corrected chi connectivity index (χ4v) is 1.11. The molecule has 64 valence electrons. The maximum Gasteiger partial charge on any atom is 0.247 e. The lowest BCUT2D eigenvalue weighted by Crippen LogP contribution is -2.31. The maximum atomic E-state index is 11.1. The van der Waals surface area contributed by atoms with E-state index in [2.05, 4.69) is 10.8 Å². The highest BCUT2D eigenvalue weighted by Crippen LogP contribution is 2.06. The van der Waals surface area contributed by atoms with Crippen molar-refractivity contribution in [1.29, 1.82) is 0 Å². The van der Waals surface area contributed by atoms with Gasteiger partial charge in [-0.05, 0) is 19.9 Å². The third-order valence-corrected chi connectivity index (χ3v) is 1.75. The van der Waals surface area contributed by atoms with Gasteiger partial charge in [0.15, 0.2) is 0 Å². The highest BCUT2D eigenvalue weighted by molar-refractivity contribution is 5.78. The molecule has 4 heteroatoms. The van der Waals surface area contributed by atoms with Crippen molar-refractivity contribution in [2.24, 2.45) is 5.92 Å². The largest absolute Gasteiger partial charge is 0.316 e. The van der Waals surface area contributed by atoms with Gasteiger partial charge < -0.3 is 5.32 Å². The summed E-state index contributed by atoms with van der Waals surface area (Å²) in [6, 6.07) is 0. The lowest BCUT2D eigenvalue weighted by Gasteiger charge is -2.07. The average Bonchev–Trinajstić information content (AvgIpc) is 2.52. The Labute approximate surface area is 66.3 Å². The molecule has 4 nitrogen and oxygen atoms in total. The van der Waals surface area contributed by atoms with Crippen molar-refractivity contribution in [1.82, 2.24) is 10.8 Å². The highest BCUT2D eigenvalue weighted by atomic mass is 16.6. The first-order valence-electron chi connectivity index (χ1n) is 3.97. The zero-order valence-corrected chi connectivity index (χ0v) is 6.72. The molecule has 0 aromatic carbocycles. The third kappa shape index (κ3) is 2.48. The van der Waals surface area contributed by atoms with E-state index in [1.54, 1.807) is 0 Å². The van der Waals surface area contributed by atoms with E-state index in [1.165, 1.54) is 0 Å². The molecule has 0 aromatic rings. The number of carbonyl (C=O) groups is 1. The molecule has 0 unspecified atom stereocenters. The van der Waals surface area contributed by atoms with Crippen LogP contribution in [0.4, 0.5) is 0 Å². The van der Waals surface area contributed by atoms with Gasteiger partial charge in [0.05, 0.1) is 12.5 Å². The minimum absolute atomic E-state index is 0.00292. The molecular formula is C7H14N2O2. The first-order chi connectivity index (χ1) is 5.34. The molecule has 0 saturated carbocycles. The van der Waals surface area contributed by atoms with Crippen LogP contribution in [0.5, 0.6) is 0 Å². The standard InChI is InChI=1S/C7H14N2O2/c1-2-11-9-7(10)6-3-4-8-5-6/h6,8H,2-5H2,1H3,(H,9,10)/t6-/m1/s1. The molecule has 1 aliphatic heterocycles. The fourth-order valence-electron chi connectivity index (χ4n) is 1.11. The van der Waals surface area contributed by atoms with E-state index < -0.39 is 0 Å². The van der Waals surface area contributed by atoms with E-state index in [-0.39, 0.29) is 11.8 Å². The smallest absolute Gasteiger partial charge is 0.247 e. The number of carbonyl (C=O) groups excluding carboxylic acids is 1. The van der Waals surface area contributed by atoms with Crippen molar-refractivity contribution < 1.29 is 9.63 Å². The molecular weight excluding hydrogens is 144 g/mol. The first kappa shape index (κ1) is 8.49. The normalized spacial score (nSPS) is 23.5. The average molecular weight is 158 g/mol. The third-order valence-electron chi connectivity index (χ3n) is 1.75. The van der Waals surface area contributed by atoms with Gasteiger partial charge in [-0.25, -0.2) is 5.48 Å². The van der Waals surface area contributed by atoms with Crippen LogP contribution < -0.4 is 10.8 Å². The van der Waals surface area contributed by atoms with Crippen molar-refractivity contribution in [3.8, 4) is 0 Å². The van der Waals surface area contributed by atoms with Crippen LogP contribution in [-0.2, 0) is 9.63 Å². The second-order valence-electron chi connectivity index (χ2n) is 2.59. The van der Waals surface area contributed by atoms with Gasteiger partial charge >= 0.3 is 0 Å². The van der Waals surface area contributed by atoms with Crippen molar-refractivity contribution in [3.05, 3.63) is 0 Å². The topological polar surface area (TPSA) is 50.4 Å². The monoisotopic (exact) mass is 158 g/mol. The van der Waals surface area contributed by atoms with E-state index in [4.69, 9.17) is 4.84 Å². The quantitative estimate of drug-likeness (QED) is 0.553. The summed E-state index contributed by atoms with van der Waals surface area (Å²) in [4.78, 5) is 15.9. The number of nitrogens with one attached hydrogen (secondary N) is 2. The Bertz CT molecular complexity index is 132. The first-order valence-corrected chi connectivity index (χ1v) is 3.97. The van der Waals surface area contributed by atoms with Gasteiger partial charge in [-0.15, -0.1) is 0 Å². The number of rotatable bonds is 3. The molecule has 0 spiro atoms. The zero-order chi connectivity index (χ0) is 8.10. The molecule has 1 aliphatic rings. The van der Waals surface area contributed by atoms with Crippen molar-refractivity contribution >= 4 is 5.91 Å². The molecule has 0 radical (unpaired) electrons. The molecule has 1 atom stereocenters. The number of hydrogen-bond acceptors (Lipinski definition) is 3. The van der Waals surface area contributed by atoms with E-state index >= 15 is 0 Å². The summed E-state index contributed by atoms with van der Waals surface area (Å²) in [5.41, 5.74) is 2.40. The summed E-state index contributed by atoms with van der Waals surface area (Å²) in [7, 11) is 0. The number of hydroxylamine groups is 1. The van der Waals surface area contributed by atoms with Crippen LogP contribution in [0.1, 0.15) is 13.3 Å². The lowest BCUT2D eigenvalue weighted by atomic mass is 10.1. The van der Waals surface area contributed by atoms with Gasteiger partial charge in [0.1, 0.15) is 0 Å².